The lowest BCUT2D eigenvalue weighted by Gasteiger charge is -2.28. The summed E-state index contributed by atoms with van der Waals surface area (Å²) in [6.45, 7) is 16.2. The van der Waals surface area contributed by atoms with E-state index in [2.05, 4.69) is 65.2 Å². The molecule has 0 saturated heterocycles. The van der Waals surface area contributed by atoms with Crippen LogP contribution in [0.3, 0.4) is 0 Å². The van der Waals surface area contributed by atoms with Gasteiger partial charge in [0.25, 0.3) is 0 Å². The van der Waals surface area contributed by atoms with E-state index in [4.69, 9.17) is 0 Å². The zero-order valence-electron chi connectivity index (χ0n) is 10.8. The molecule has 14 heavy (non-hydrogen) atoms. The second kappa shape index (κ2) is 5.41. The van der Waals surface area contributed by atoms with E-state index in [-0.39, 0.29) is 5.41 Å². The van der Waals surface area contributed by atoms with Crippen LogP contribution in [-0.2, 0) is 0 Å². The first-order chi connectivity index (χ1) is 6.24. The molecule has 0 N–H and O–H groups in total. The van der Waals surface area contributed by atoms with Crippen LogP contribution in [0.2, 0.25) is 0 Å². The molecule has 0 aliphatic rings. The quantitative estimate of drug-likeness (QED) is 0.625. The van der Waals surface area contributed by atoms with Crippen molar-refractivity contribution in [1.29, 1.82) is 0 Å². The van der Waals surface area contributed by atoms with Crippen LogP contribution in [0, 0.1) is 17.3 Å². The maximum atomic E-state index is 3.27. The smallest absolute Gasteiger partial charge is 0.0606 e. The summed E-state index contributed by atoms with van der Waals surface area (Å²) < 4.78 is 0. The van der Waals surface area contributed by atoms with Crippen LogP contribution in [0.25, 0.3) is 0 Å². The first kappa shape index (κ1) is 13.5. The van der Waals surface area contributed by atoms with Crippen molar-refractivity contribution in [2.45, 2.75) is 60.5 Å². The normalized spacial score (nSPS) is 12.1. The van der Waals surface area contributed by atoms with Gasteiger partial charge in [-0.05, 0) is 48.5 Å². The maximum absolute atomic E-state index is 3.27. The molecule has 0 radical (unpaired) electrons. The van der Waals surface area contributed by atoms with Gasteiger partial charge in [-0.15, -0.1) is 0 Å². The molecule has 0 aliphatic heterocycles. The fourth-order valence-corrected chi connectivity index (χ4v) is 1.36. The molecule has 0 heterocycles. The van der Waals surface area contributed by atoms with Crippen molar-refractivity contribution in [3.05, 3.63) is 0 Å². The molecule has 0 spiro atoms. The van der Waals surface area contributed by atoms with Crippen molar-refractivity contribution in [1.82, 2.24) is 4.90 Å². The highest BCUT2D eigenvalue weighted by Gasteiger charge is 2.11. The number of hydrogen-bond donors (Lipinski definition) is 0. The average molecular weight is 195 g/mol. The second-order valence-electron chi connectivity index (χ2n) is 5.41. The molecule has 1 heteroatoms. The molecular weight excluding hydrogens is 170 g/mol. The summed E-state index contributed by atoms with van der Waals surface area (Å²) >= 11 is 0. The van der Waals surface area contributed by atoms with Gasteiger partial charge in [0.1, 0.15) is 0 Å². The molecule has 0 amide bonds. The SMILES string of the molecule is CC(C)N(CC#CC(C)(C)C)C(C)C. The predicted molar refractivity (Wildman–Crippen MR) is 64.2 cm³/mol. The van der Waals surface area contributed by atoms with Crippen LogP contribution in [0.1, 0.15) is 48.5 Å². The molecule has 0 atom stereocenters. The van der Waals surface area contributed by atoms with E-state index >= 15 is 0 Å². The van der Waals surface area contributed by atoms with Crippen LogP contribution in [0.4, 0.5) is 0 Å². The van der Waals surface area contributed by atoms with Crippen molar-refractivity contribution >= 4 is 0 Å². The van der Waals surface area contributed by atoms with E-state index in [1.54, 1.807) is 0 Å². The van der Waals surface area contributed by atoms with Crippen molar-refractivity contribution in [2.24, 2.45) is 5.41 Å². The monoisotopic (exact) mass is 195 g/mol. The third-order valence-electron chi connectivity index (χ3n) is 2.05. The van der Waals surface area contributed by atoms with Gasteiger partial charge in [-0.1, -0.05) is 11.8 Å². The molecule has 1 nitrogen and oxygen atoms in total. The molecule has 0 aromatic rings. The molecule has 0 fully saturated rings. The van der Waals surface area contributed by atoms with Gasteiger partial charge in [-0.25, -0.2) is 0 Å². The van der Waals surface area contributed by atoms with Crippen LogP contribution in [-0.4, -0.2) is 23.5 Å². The Kier molecular flexibility index (Phi) is 5.23. The largest absolute Gasteiger partial charge is 0.287 e. The Morgan fingerprint density at radius 3 is 1.71 bits per heavy atom. The van der Waals surface area contributed by atoms with Crippen molar-refractivity contribution < 1.29 is 0 Å². The molecule has 0 bridgehead atoms. The lowest BCUT2D eigenvalue weighted by molar-refractivity contribution is 0.199. The van der Waals surface area contributed by atoms with Crippen LogP contribution < -0.4 is 0 Å². The van der Waals surface area contributed by atoms with E-state index in [1.165, 1.54) is 0 Å². The Labute approximate surface area is 89.9 Å². The molecule has 0 aliphatic carbocycles. The minimum absolute atomic E-state index is 0.125. The molecular formula is C13H25N. The summed E-state index contributed by atoms with van der Waals surface area (Å²) in [5.41, 5.74) is 0.125. The van der Waals surface area contributed by atoms with Crippen LogP contribution in [0.5, 0.6) is 0 Å². The molecule has 82 valence electrons. The van der Waals surface area contributed by atoms with Crippen molar-refractivity contribution in [3.63, 3.8) is 0 Å². The Balaban J connectivity index is 4.25. The van der Waals surface area contributed by atoms with E-state index in [1.807, 2.05) is 0 Å². The highest BCUT2D eigenvalue weighted by atomic mass is 15.2. The lowest BCUT2D eigenvalue weighted by Crippen LogP contribution is -2.37. The highest BCUT2D eigenvalue weighted by Crippen LogP contribution is 2.10. The zero-order chi connectivity index (χ0) is 11.4. The predicted octanol–water partition coefficient (Wildman–Crippen LogP) is 3.15. The van der Waals surface area contributed by atoms with Gasteiger partial charge >= 0.3 is 0 Å². The van der Waals surface area contributed by atoms with E-state index in [0.717, 1.165) is 6.54 Å². The number of rotatable bonds is 3. The standard InChI is InChI=1S/C13H25N/c1-11(2)14(12(3)4)10-8-9-13(5,6)7/h11-12H,10H2,1-7H3. The third-order valence-corrected chi connectivity index (χ3v) is 2.05. The first-order valence-corrected chi connectivity index (χ1v) is 5.50. The summed E-state index contributed by atoms with van der Waals surface area (Å²) in [5, 5.41) is 0. The summed E-state index contributed by atoms with van der Waals surface area (Å²) in [4.78, 5) is 2.40. The van der Waals surface area contributed by atoms with Gasteiger partial charge in [0.05, 0.1) is 6.54 Å². The van der Waals surface area contributed by atoms with Gasteiger partial charge in [-0.2, -0.15) is 0 Å². The van der Waals surface area contributed by atoms with Gasteiger partial charge < -0.3 is 0 Å². The minimum atomic E-state index is 0.125. The Morgan fingerprint density at radius 2 is 1.43 bits per heavy atom. The topological polar surface area (TPSA) is 3.24 Å². The van der Waals surface area contributed by atoms with E-state index in [9.17, 15) is 0 Å². The van der Waals surface area contributed by atoms with Gasteiger partial charge in [0.2, 0.25) is 0 Å². The summed E-state index contributed by atoms with van der Waals surface area (Å²) in [6, 6.07) is 1.15. The third kappa shape index (κ3) is 6.05. The van der Waals surface area contributed by atoms with Gasteiger partial charge in [0, 0.05) is 17.5 Å². The molecule has 0 saturated carbocycles. The average Bonchev–Trinajstić information content (AvgIpc) is 1.94. The van der Waals surface area contributed by atoms with E-state index < -0.39 is 0 Å². The Hall–Kier alpha value is -0.480. The number of nitrogens with zero attached hydrogens (tertiary/aromatic N) is 1. The van der Waals surface area contributed by atoms with Crippen molar-refractivity contribution in [2.75, 3.05) is 6.54 Å². The Morgan fingerprint density at radius 1 is 1.00 bits per heavy atom. The summed E-state index contributed by atoms with van der Waals surface area (Å²) in [5.74, 6) is 6.53. The second-order valence-corrected chi connectivity index (χ2v) is 5.41. The number of hydrogen-bond acceptors (Lipinski definition) is 1. The molecule has 0 aromatic carbocycles. The van der Waals surface area contributed by atoms with Crippen LogP contribution in [0.15, 0.2) is 0 Å². The molecule has 0 unspecified atom stereocenters. The van der Waals surface area contributed by atoms with Crippen molar-refractivity contribution in [3.8, 4) is 11.8 Å². The first-order valence-electron chi connectivity index (χ1n) is 5.50. The summed E-state index contributed by atoms with van der Waals surface area (Å²) in [7, 11) is 0. The van der Waals surface area contributed by atoms with Crippen LogP contribution >= 0.6 is 0 Å². The van der Waals surface area contributed by atoms with Gasteiger partial charge in [-0.3, -0.25) is 4.90 Å². The Bertz CT molecular complexity index is 202. The van der Waals surface area contributed by atoms with E-state index in [0.29, 0.717) is 12.1 Å². The molecule has 0 aromatic heterocycles. The van der Waals surface area contributed by atoms with Gasteiger partial charge in [0.15, 0.2) is 0 Å². The fraction of sp³-hybridized carbons (Fsp3) is 0.846. The molecule has 0 rings (SSSR count). The fourth-order valence-electron chi connectivity index (χ4n) is 1.36. The lowest BCUT2D eigenvalue weighted by atomic mass is 9.98. The zero-order valence-corrected chi connectivity index (χ0v) is 10.8. The highest BCUT2D eigenvalue weighted by molar-refractivity contribution is 5.09. The minimum Gasteiger partial charge on any atom is -0.287 e. The maximum Gasteiger partial charge on any atom is 0.0606 e. The summed E-state index contributed by atoms with van der Waals surface area (Å²) in [6.07, 6.45) is 0.